The maximum absolute atomic E-state index is 12.1. The van der Waals surface area contributed by atoms with E-state index in [4.69, 9.17) is 0 Å². The molecule has 102 valence electrons. The summed E-state index contributed by atoms with van der Waals surface area (Å²) in [5, 5.41) is 8.86. The molecule has 1 aliphatic carbocycles. The fraction of sp³-hybridized carbons (Fsp3) is 0.846. The lowest BCUT2D eigenvalue weighted by Gasteiger charge is -2.23. The molecule has 5 heteroatoms. The molecule has 0 aromatic carbocycles. The zero-order valence-corrected chi connectivity index (χ0v) is 11.2. The summed E-state index contributed by atoms with van der Waals surface area (Å²) >= 11 is 0. The molecule has 5 nitrogen and oxygen atoms in total. The van der Waals surface area contributed by atoms with Gasteiger partial charge in [-0.15, -0.1) is 0 Å². The first-order chi connectivity index (χ1) is 8.59. The van der Waals surface area contributed by atoms with Crippen molar-refractivity contribution in [1.82, 2.24) is 16.0 Å². The third-order valence-corrected chi connectivity index (χ3v) is 4.21. The average molecular weight is 253 g/mol. The molecule has 2 fully saturated rings. The van der Waals surface area contributed by atoms with Crippen molar-refractivity contribution in [3.63, 3.8) is 0 Å². The molecular weight excluding hydrogens is 230 g/mol. The molecule has 1 spiro atoms. The summed E-state index contributed by atoms with van der Waals surface area (Å²) in [5.41, 5.74) is 0.232. The Morgan fingerprint density at radius 1 is 1.39 bits per heavy atom. The highest BCUT2D eigenvalue weighted by molar-refractivity contribution is 5.89. The fourth-order valence-corrected chi connectivity index (χ4v) is 2.90. The molecule has 18 heavy (non-hydrogen) atoms. The van der Waals surface area contributed by atoms with Crippen LogP contribution in [0.25, 0.3) is 0 Å². The summed E-state index contributed by atoms with van der Waals surface area (Å²) in [5.74, 6) is 0.0676. The van der Waals surface area contributed by atoms with Gasteiger partial charge in [-0.25, -0.2) is 0 Å². The van der Waals surface area contributed by atoms with Crippen LogP contribution in [0.4, 0.5) is 0 Å². The minimum atomic E-state index is -0.434. The summed E-state index contributed by atoms with van der Waals surface area (Å²) in [6.07, 6.45) is 3.16. The van der Waals surface area contributed by atoms with Crippen LogP contribution >= 0.6 is 0 Å². The largest absolute Gasteiger partial charge is 0.355 e. The average Bonchev–Trinajstić information content (AvgIpc) is 3.04. The van der Waals surface area contributed by atoms with Crippen molar-refractivity contribution in [3.8, 4) is 0 Å². The van der Waals surface area contributed by atoms with Crippen molar-refractivity contribution in [3.05, 3.63) is 0 Å². The number of amides is 2. The van der Waals surface area contributed by atoms with Crippen LogP contribution in [0.1, 0.15) is 33.1 Å². The lowest BCUT2D eigenvalue weighted by Crippen LogP contribution is -2.46. The Labute approximate surface area is 108 Å². The zero-order chi connectivity index (χ0) is 13.2. The molecule has 2 rings (SSSR count). The van der Waals surface area contributed by atoms with Gasteiger partial charge in [0.25, 0.3) is 0 Å². The summed E-state index contributed by atoms with van der Waals surface area (Å²) in [7, 11) is 0. The standard InChI is InChI=1S/C13H23N3O2/c1-3-15-11(17)9(2)16-12(18)10-8-13(10)4-6-14-7-5-13/h9-10,14H,3-8H2,1-2H3,(H,15,17)(H,16,18). The van der Waals surface area contributed by atoms with E-state index in [-0.39, 0.29) is 23.1 Å². The van der Waals surface area contributed by atoms with E-state index < -0.39 is 6.04 Å². The Balaban J connectivity index is 1.81. The minimum Gasteiger partial charge on any atom is -0.355 e. The van der Waals surface area contributed by atoms with E-state index in [1.54, 1.807) is 6.92 Å². The lowest BCUT2D eigenvalue weighted by atomic mass is 9.91. The predicted molar refractivity (Wildman–Crippen MR) is 68.9 cm³/mol. The van der Waals surface area contributed by atoms with E-state index in [0.29, 0.717) is 6.54 Å². The normalized spacial score (nSPS) is 26.4. The van der Waals surface area contributed by atoms with Crippen molar-refractivity contribution >= 4 is 11.8 Å². The smallest absolute Gasteiger partial charge is 0.242 e. The topological polar surface area (TPSA) is 70.2 Å². The molecule has 0 aromatic heterocycles. The van der Waals surface area contributed by atoms with Crippen LogP contribution in [-0.2, 0) is 9.59 Å². The molecule has 0 aromatic rings. The second-order valence-electron chi connectivity index (χ2n) is 5.49. The van der Waals surface area contributed by atoms with Crippen LogP contribution in [0.3, 0.4) is 0 Å². The maximum Gasteiger partial charge on any atom is 0.242 e. The Hall–Kier alpha value is -1.10. The molecule has 1 saturated heterocycles. The highest BCUT2D eigenvalue weighted by Crippen LogP contribution is 2.58. The van der Waals surface area contributed by atoms with Gasteiger partial charge in [-0.05, 0) is 51.6 Å². The summed E-state index contributed by atoms with van der Waals surface area (Å²) in [6, 6.07) is -0.434. The number of carbonyl (C=O) groups excluding carboxylic acids is 2. The number of rotatable bonds is 4. The Morgan fingerprint density at radius 2 is 2.06 bits per heavy atom. The highest BCUT2D eigenvalue weighted by Gasteiger charge is 2.57. The fourth-order valence-electron chi connectivity index (χ4n) is 2.90. The van der Waals surface area contributed by atoms with Crippen molar-refractivity contribution in [2.24, 2.45) is 11.3 Å². The lowest BCUT2D eigenvalue weighted by molar-refractivity contribution is -0.129. The highest BCUT2D eigenvalue weighted by atomic mass is 16.2. The van der Waals surface area contributed by atoms with Crippen LogP contribution in [0.5, 0.6) is 0 Å². The van der Waals surface area contributed by atoms with Crippen LogP contribution in [0.2, 0.25) is 0 Å². The van der Waals surface area contributed by atoms with Crippen molar-refractivity contribution in [2.75, 3.05) is 19.6 Å². The van der Waals surface area contributed by atoms with Crippen LogP contribution in [0.15, 0.2) is 0 Å². The third kappa shape index (κ3) is 2.66. The molecule has 2 atom stereocenters. The predicted octanol–water partition coefficient (Wildman–Crippen LogP) is 0.0169. The molecule has 1 aliphatic heterocycles. The number of nitrogens with one attached hydrogen (secondary N) is 3. The molecule has 0 bridgehead atoms. The first kappa shape index (κ1) is 13.3. The minimum absolute atomic E-state index is 0.0515. The van der Waals surface area contributed by atoms with Crippen LogP contribution < -0.4 is 16.0 Å². The second kappa shape index (κ2) is 5.26. The van der Waals surface area contributed by atoms with Gasteiger partial charge in [0, 0.05) is 12.5 Å². The molecule has 1 heterocycles. The van der Waals surface area contributed by atoms with Gasteiger partial charge in [-0.1, -0.05) is 0 Å². The van der Waals surface area contributed by atoms with Gasteiger partial charge in [0.1, 0.15) is 6.04 Å². The zero-order valence-electron chi connectivity index (χ0n) is 11.2. The molecule has 0 radical (unpaired) electrons. The molecule has 3 N–H and O–H groups in total. The first-order valence-corrected chi connectivity index (χ1v) is 6.88. The second-order valence-corrected chi connectivity index (χ2v) is 5.49. The first-order valence-electron chi connectivity index (χ1n) is 6.88. The summed E-state index contributed by atoms with van der Waals surface area (Å²) in [6.45, 7) is 6.22. The quantitative estimate of drug-likeness (QED) is 0.661. The van der Waals surface area contributed by atoms with E-state index in [2.05, 4.69) is 16.0 Å². The van der Waals surface area contributed by atoms with Gasteiger partial charge in [-0.2, -0.15) is 0 Å². The monoisotopic (exact) mass is 253 g/mol. The van der Waals surface area contributed by atoms with Crippen LogP contribution in [0, 0.1) is 11.3 Å². The van der Waals surface area contributed by atoms with Gasteiger partial charge < -0.3 is 16.0 Å². The van der Waals surface area contributed by atoms with Crippen molar-refractivity contribution in [2.45, 2.75) is 39.2 Å². The summed E-state index contributed by atoms with van der Waals surface area (Å²) < 4.78 is 0. The number of piperidine rings is 1. The molecule has 2 unspecified atom stereocenters. The van der Waals surface area contributed by atoms with Crippen LogP contribution in [-0.4, -0.2) is 37.5 Å². The van der Waals surface area contributed by atoms with E-state index in [0.717, 1.165) is 32.4 Å². The molecule has 2 amide bonds. The Kier molecular flexibility index (Phi) is 3.90. The van der Waals surface area contributed by atoms with Gasteiger partial charge in [0.15, 0.2) is 0 Å². The molecule has 2 aliphatic rings. The Bertz CT molecular complexity index is 337. The molecular formula is C13H23N3O2. The van der Waals surface area contributed by atoms with E-state index in [1.807, 2.05) is 6.92 Å². The van der Waals surface area contributed by atoms with Gasteiger partial charge in [0.2, 0.25) is 11.8 Å². The summed E-state index contributed by atoms with van der Waals surface area (Å²) in [4.78, 5) is 23.6. The SMILES string of the molecule is CCNC(=O)C(C)NC(=O)C1CC12CCNCC2. The van der Waals surface area contributed by atoms with Gasteiger partial charge in [0.05, 0.1) is 0 Å². The maximum atomic E-state index is 12.1. The van der Waals surface area contributed by atoms with Crippen molar-refractivity contribution in [1.29, 1.82) is 0 Å². The van der Waals surface area contributed by atoms with Crippen molar-refractivity contribution < 1.29 is 9.59 Å². The van der Waals surface area contributed by atoms with E-state index in [9.17, 15) is 9.59 Å². The van der Waals surface area contributed by atoms with E-state index >= 15 is 0 Å². The molecule has 1 saturated carbocycles. The number of carbonyl (C=O) groups is 2. The third-order valence-electron chi connectivity index (χ3n) is 4.21. The van der Waals surface area contributed by atoms with Gasteiger partial charge >= 0.3 is 0 Å². The number of hydrogen-bond acceptors (Lipinski definition) is 3. The number of likely N-dealkylation sites (N-methyl/N-ethyl adjacent to an activating group) is 1. The van der Waals surface area contributed by atoms with E-state index in [1.165, 1.54) is 0 Å². The Morgan fingerprint density at radius 3 is 2.67 bits per heavy atom. The van der Waals surface area contributed by atoms with Gasteiger partial charge in [-0.3, -0.25) is 9.59 Å². The number of hydrogen-bond donors (Lipinski definition) is 3.